The number of carbonyl (C=O) groups excluding carboxylic acids is 2. The van der Waals surface area contributed by atoms with Gasteiger partial charge < -0.3 is 14.2 Å². The number of ether oxygens (including phenoxy) is 3. The van der Waals surface area contributed by atoms with Crippen LogP contribution in [0.3, 0.4) is 0 Å². The number of esters is 2. The zero-order valence-corrected chi connectivity index (χ0v) is 42.7. The normalized spacial score (nSPS) is 24.3. The monoisotopic (exact) mass is 891 g/mol. The number of nitrogens with one attached hydrogen (secondary N) is 1. The Kier molecular flexibility index (Phi) is 15.4. The van der Waals surface area contributed by atoms with E-state index < -0.39 is 5.97 Å². The van der Waals surface area contributed by atoms with Crippen LogP contribution in [0.5, 0.6) is 5.75 Å². The van der Waals surface area contributed by atoms with Crippen LogP contribution >= 0.6 is 0 Å². The number of H-pyrrole nitrogens is 1. The lowest BCUT2D eigenvalue weighted by Crippen LogP contribution is -2.50. The summed E-state index contributed by atoms with van der Waals surface area (Å²) in [5, 5.41) is 7.71. The third kappa shape index (κ3) is 12.0. The van der Waals surface area contributed by atoms with Gasteiger partial charge in [0, 0.05) is 40.9 Å². The molecule has 6 rings (SSSR count). The van der Waals surface area contributed by atoms with Crippen molar-refractivity contribution in [3.63, 3.8) is 0 Å². The average molecular weight is 891 g/mol. The fourth-order valence-electron chi connectivity index (χ4n) is 11.0. The molecule has 9 heteroatoms. The van der Waals surface area contributed by atoms with Crippen LogP contribution in [0.4, 0.5) is 0 Å². The SMILES string of the molecule is CCCCCCOc1cccc(C)c1-c1cc(C2=CC(C(=O)OC3C(C(C)(C)C)CC(C)CC3C(C)(C)C)=NC2)nc(-c2cc(C(=O)OC3C(C(C)(C)C)CCCC3C(C)(C)C)[nH]n2)c1. The second-order valence-corrected chi connectivity index (χ2v) is 24.2. The molecule has 65 heavy (non-hydrogen) atoms. The lowest BCUT2D eigenvalue weighted by molar-refractivity contribution is -0.161. The Balaban J connectivity index is 1.35. The molecule has 0 bridgehead atoms. The predicted octanol–water partition coefficient (Wildman–Crippen LogP) is 13.9. The topological polar surface area (TPSA) is 116 Å². The van der Waals surface area contributed by atoms with Crippen molar-refractivity contribution in [2.24, 2.45) is 56.2 Å². The first-order chi connectivity index (χ1) is 30.4. The summed E-state index contributed by atoms with van der Waals surface area (Å²) in [7, 11) is 0. The lowest BCUT2D eigenvalue weighted by atomic mass is 9.59. The van der Waals surface area contributed by atoms with Gasteiger partial charge in [-0.25, -0.2) is 14.6 Å². The summed E-state index contributed by atoms with van der Waals surface area (Å²) in [6.07, 6.45) is 11.1. The Hall–Kier alpha value is -4.27. The number of aliphatic imine (C=N–C) groups is 1. The summed E-state index contributed by atoms with van der Waals surface area (Å²) in [6, 6.07) is 12.0. The van der Waals surface area contributed by atoms with E-state index in [0.717, 1.165) is 79.4 Å². The number of aryl methyl sites for hydroxylation is 1. The van der Waals surface area contributed by atoms with Crippen LogP contribution in [0.15, 0.2) is 47.5 Å². The standard InChI is InChI=1S/C56H82N4O5/c1-16-17-18-19-26-63-47-25-20-22-35(3)48(47)36-29-42(37-31-45(57-33-37)51(61)65-50-40(55(10,11)12)27-34(2)28-41(50)56(13,14)15)58-43(30-36)44-32-46(60-59-44)52(62)64-49-38(53(4,5)6)23-21-24-39(49)54(7,8)9/h20,22,25,29-32,34,38-41,49-50H,16-19,21,23-24,26-28,33H2,1-15H3,(H,59,60). The van der Waals surface area contributed by atoms with Crippen molar-refractivity contribution >= 4 is 23.2 Å². The number of unbranched alkanes of at least 4 members (excludes halogenated alkanes) is 3. The Labute approximate surface area is 391 Å². The van der Waals surface area contributed by atoms with Gasteiger partial charge in [-0.15, -0.1) is 0 Å². The van der Waals surface area contributed by atoms with E-state index in [2.05, 4.69) is 126 Å². The molecule has 0 saturated heterocycles. The number of nitrogens with zero attached hydrogens (tertiary/aromatic N) is 3. The first kappa shape index (κ1) is 50.1. The highest BCUT2D eigenvalue weighted by Crippen LogP contribution is 2.51. The van der Waals surface area contributed by atoms with Crippen molar-refractivity contribution in [3.05, 3.63) is 59.4 Å². The van der Waals surface area contributed by atoms with Crippen LogP contribution in [-0.4, -0.2) is 58.2 Å². The van der Waals surface area contributed by atoms with Crippen molar-refractivity contribution in [3.8, 4) is 28.3 Å². The zero-order valence-electron chi connectivity index (χ0n) is 42.7. The summed E-state index contributed by atoms with van der Waals surface area (Å²) in [5.41, 5.74) is 6.01. The van der Waals surface area contributed by atoms with E-state index in [1.54, 1.807) is 6.07 Å². The quantitative estimate of drug-likeness (QED) is 0.134. The zero-order chi connectivity index (χ0) is 47.6. The molecule has 9 nitrogen and oxygen atoms in total. The molecule has 2 aromatic heterocycles. The van der Waals surface area contributed by atoms with Crippen LogP contribution in [0.25, 0.3) is 28.1 Å². The largest absolute Gasteiger partial charge is 0.493 e. The van der Waals surface area contributed by atoms with E-state index >= 15 is 0 Å². The fraction of sp³-hybridized carbons (Fsp3) is 0.661. The van der Waals surface area contributed by atoms with Crippen molar-refractivity contribution in [1.29, 1.82) is 0 Å². The fourth-order valence-corrected chi connectivity index (χ4v) is 11.0. The molecule has 1 aliphatic heterocycles. The van der Waals surface area contributed by atoms with E-state index in [1.807, 2.05) is 24.3 Å². The van der Waals surface area contributed by atoms with E-state index in [0.29, 0.717) is 41.0 Å². The first-order valence-corrected chi connectivity index (χ1v) is 24.8. The van der Waals surface area contributed by atoms with Gasteiger partial charge >= 0.3 is 11.9 Å². The summed E-state index contributed by atoms with van der Waals surface area (Å²) in [4.78, 5) is 38.3. The minimum atomic E-state index is -0.405. The van der Waals surface area contributed by atoms with Crippen molar-refractivity contribution < 1.29 is 23.8 Å². The molecule has 4 unspecified atom stereocenters. The number of pyridine rings is 1. The second-order valence-electron chi connectivity index (χ2n) is 24.2. The molecule has 356 valence electrons. The number of aromatic nitrogens is 3. The molecule has 0 amide bonds. The summed E-state index contributed by atoms with van der Waals surface area (Å²) in [5.74, 6) is 1.49. The molecule has 2 aliphatic carbocycles. The predicted molar refractivity (Wildman–Crippen MR) is 265 cm³/mol. The van der Waals surface area contributed by atoms with Gasteiger partial charge in [-0.2, -0.15) is 5.10 Å². The molecular weight excluding hydrogens is 809 g/mol. The number of benzene rings is 1. The third-order valence-electron chi connectivity index (χ3n) is 14.8. The summed E-state index contributed by atoms with van der Waals surface area (Å²) < 4.78 is 19.6. The minimum absolute atomic E-state index is 0.0179. The van der Waals surface area contributed by atoms with Crippen LogP contribution < -0.4 is 4.74 Å². The number of carbonyl (C=O) groups is 2. The molecule has 3 aromatic rings. The molecule has 0 radical (unpaired) electrons. The molecule has 4 atom stereocenters. The highest BCUT2D eigenvalue weighted by atomic mass is 16.5. The van der Waals surface area contributed by atoms with E-state index in [1.165, 1.54) is 6.42 Å². The number of hydrogen-bond donors (Lipinski definition) is 1. The number of aromatic amines is 1. The van der Waals surface area contributed by atoms with E-state index in [-0.39, 0.29) is 70.1 Å². The molecular formula is C56H82N4O5. The van der Waals surface area contributed by atoms with Crippen molar-refractivity contribution in [1.82, 2.24) is 15.2 Å². The van der Waals surface area contributed by atoms with Crippen LogP contribution in [0.2, 0.25) is 0 Å². The Morgan fingerprint density at radius 1 is 0.723 bits per heavy atom. The second kappa shape index (κ2) is 19.9. The van der Waals surface area contributed by atoms with Gasteiger partial charge in [0.15, 0.2) is 0 Å². The molecule has 3 aliphatic rings. The van der Waals surface area contributed by atoms with Crippen LogP contribution in [0, 0.1) is 58.2 Å². The number of rotatable bonds is 13. The highest BCUT2D eigenvalue weighted by molar-refractivity contribution is 6.43. The first-order valence-electron chi connectivity index (χ1n) is 24.8. The van der Waals surface area contributed by atoms with Gasteiger partial charge in [0.25, 0.3) is 0 Å². The molecule has 1 N–H and O–H groups in total. The van der Waals surface area contributed by atoms with E-state index in [4.69, 9.17) is 24.2 Å². The average Bonchev–Trinajstić information content (AvgIpc) is 3.92. The van der Waals surface area contributed by atoms with Gasteiger partial charge in [-0.3, -0.25) is 10.1 Å². The summed E-state index contributed by atoms with van der Waals surface area (Å²) in [6.45, 7) is 34.7. The maximum Gasteiger partial charge on any atom is 0.356 e. The molecule has 2 saturated carbocycles. The van der Waals surface area contributed by atoms with E-state index in [9.17, 15) is 9.59 Å². The summed E-state index contributed by atoms with van der Waals surface area (Å²) >= 11 is 0. The minimum Gasteiger partial charge on any atom is -0.493 e. The molecule has 2 fully saturated rings. The Bertz CT molecular complexity index is 2160. The van der Waals surface area contributed by atoms with Gasteiger partial charge in [0.1, 0.15) is 35.1 Å². The Morgan fingerprint density at radius 2 is 1.31 bits per heavy atom. The van der Waals surface area contributed by atoms with Crippen LogP contribution in [0.1, 0.15) is 176 Å². The molecule has 1 aromatic carbocycles. The van der Waals surface area contributed by atoms with Crippen LogP contribution in [-0.2, 0) is 14.3 Å². The molecule has 0 spiro atoms. The van der Waals surface area contributed by atoms with Crippen molar-refractivity contribution in [2.75, 3.05) is 13.2 Å². The lowest BCUT2D eigenvalue weighted by Gasteiger charge is -2.50. The highest BCUT2D eigenvalue weighted by Gasteiger charge is 2.49. The van der Waals surface area contributed by atoms with Gasteiger partial charge in [0.05, 0.1) is 24.5 Å². The number of hydrogen-bond acceptors (Lipinski definition) is 8. The Morgan fingerprint density at radius 3 is 1.91 bits per heavy atom. The van der Waals surface area contributed by atoms with Gasteiger partial charge in [-0.05, 0) is 102 Å². The van der Waals surface area contributed by atoms with Gasteiger partial charge in [-0.1, -0.05) is 135 Å². The third-order valence-corrected chi connectivity index (χ3v) is 14.8. The van der Waals surface area contributed by atoms with Gasteiger partial charge in [0.2, 0.25) is 0 Å². The maximum atomic E-state index is 14.2. The maximum absolute atomic E-state index is 14.2. The molecule has 3 heterocycles. The smallest absolute Gasteiger partial charge is 0.356 e. The van der Waals surface area contributed by atoms with Crippen molar-refractivity contribution in [2.45, 2.75) is 174 Å².